The molecule has 0 unspecified atom stereocenters. The molecule has 1 aromatic heterocycles. The first-order valence-corrected chi connectivity index (χ1v) is 7.87. The Kier molecular flexibility index (Phi) is 5.33. The molecule has 2 rings (SSSR count). The minimum atomic E-state index is -0.0353. The zero-order chi connectivity index (χ0) is 15.4. The average molecular weight is 293 g/mol. The lowest BCUT2D eigenvalue weighted by atomic mass is 10.2. The predicted molar refractivity (Wildman–Crippen MR) is 82.3 cm³/mol. The topological polar surface area (TPSA) is 65.1 Å². The molecule has 1 saturated carbocycles. The van der Waals surface area contributed by atoms with Gasteiger partial charge in [0.2, 0.25) is 5.82 Å². The zero-order valence-corrected chi connectivity index (χ0v) is 13.6. The number of likely N-dealkylation sites (N-methyl/N-ethyl adjacent to an activating group) is 1. The molecule has 0 radical (unpaired) electrons. The molecule has 0 saturated heterocycles. The molecule has 1 aromatic rings. The summed E-state index contributed by atoms with van der Waals surface area (Å²) in [6.07, 6.45) is 4.62. The van der Waals surface area contributed by atoms with E-state index in [0.29, 0.717) is 11.9 Å². The Morgan fingerprint density at radius 2 is 1.95 bits per heavy atom. The Labute approximate surface area is 126 Å². The lowest BCUT2D eigenvalue weighted by Crippen LogP contribution is -2.43. The van der Waals surface area contributed by atoms with Crippen LogP contribution in [-0.2, 0) is 0 Å². The van der Waals surface area contributed by atoms with E-state index in [9.17, 15) is 4.79 Å². The van der Waals surface area contributed by atoms with Crippen molar-refractivity contribution < 1.29 is 4.79 Å². The highest BCUT2D eigenvalue weighted by Gasteiger charge is 2.29. The van der Waals surface area contributed by atoms with E-state index in [1.165, 1.54) is 12.8 Å². The first-order chi connectivity index (χ1) is 9.99. The van der Waals surface area contributed by atoms with Crippen LogP contribution in [0.4, 0.5) is 0 Å². The van der Waals surface area contributed by atoms with Crippen LogP contribution in [0.25, 0.3) is 0 Å². The van der Waals surface area contributed by atoms with E-state index in [4.69, 9.17) is 0 Å². The van der Waals surface area contributed by atoms with Crippen molar-refractivity contribution in [2.45, 2.75) is 51.5 Å². The van der Waals surface area contributed by atoms with Gasteiger partial charge in [0.05, 0.1) is 0 Å². The van der Waals surface area contributed by atoms with Crippen molar-refractivity contribution in [2.75, 3.05) is 27.2 Å². The number of nitrogens with zero attached hydrogens (tertiary/aromatic N) is 4. The summed E-state index contributed by atoms with van der Waals surface area (Å²) in [4.78, 5) is 21.2. The Balaban J connectivity index is 2.11. The summed E-state index contributed by atoms with van der Waals surface area (Å²) in [6.45, 7) is 5.68. The van der Waals surface area contributed by atoms with E-state index in [2.05, 4.69) is 20.1 Å². The van der Waals surface area contributed by atoms with Gasteiger partial charge in [0.25, 0.3) is 5.91 Å². The van der Waals surface area contributed by atoms with E-state index >= 15 is 0 Å². The lowest BCUT2D eigenvalue weighted by molar-refractivity contribution is 0.0655. The maximum absolute atomic E-state index is 12.7. The lowest BCUT2D eigenvalue weighted by Gasteiger charge is -2.29. The number of hydrogen-bond acceptors (Lipinski definition) is 4. The SMILES string of the molecule is CC(C)c1nc(C(=O)N(CCN(C)C)C2CCCC2)n[nH]1. The molecule has 1 amide bonds. The van der Waals surface area contributed by atoms with Crippen LogP contribution < -0.4 is 0 Å². The van der Waals surface area contributed by atoms with Crippen LogP contribution in [0.2, 0.25) is 0 Å². The molecule has 1 aliphatic carbocycles. The molecule has 1 aliphatic rings. The van der Waals surface area contributed by atoms with Crippen LogP contribution >= 0.6 is 0 Å². The molecule has 0 atom stereocenters. The van der Waals surface area contributed by atoms with Gasteiger partial charge in [-0.2, -0.15) is 0 Å². The van der Waals surface area contributed by atoms with Gasteiger partial charge in [-0.25, -0.2) is 4.98 Å². The third-order valence-corrected chi connectivity index (χ3v) is 4.06. The maximum atomic E-state index is 12.7. The van der Waals surface area contributed by atoms with E-state index in [-0.39, 0.29) is 11.8 Å². The van der Waals surface area contributed by atoms with E-state index in [0.717, 1.165) is 31.8 Å². The van der Waals surface area contributed by atoms with Gasteiger partial charge in [-0.15, -0.1) is 5.10 Å². The summed E-state index contributed by atoms with van der Waals surface area (Å²) < 4.78 is 0. The van der Waals surface area contributed by atoms with E-state index in [1.54, 1.807) is 0 Å². The van der Waals surface area contributed by atoms with Gasteiger partial charge < -0.3 is 9.80 Å². The fourth-order valence-electron chi connectivity index (χ4n) is 2.73. The number of hydrogen-bond donors (Lipinski definition) is 1. The van der Waals surface area contributed by atoms with E-state index in [1.807, 2.05) is 32.8 Å². The maximum Gasteiger partial charge on any atom is 0.293 e. The Morgan fingerprint density at radius 3 is 2.48 bits per heavy atom. The number of rotatable bonds is 6. The van der Waals surface area contributed by atoms with Crippen molar-refractivity contribution in [3.8, 4) is 0 Å². The van der Waals surface area contributed by atoms with Crippen molar-refractivity contribution in [2.24, 2.45) is 0 Å². The molecule has 6 heteroatoms. The standard InChI is InChI=1S/C15H27N5O/c1-11(2)13-16-14(18-17-13)15(21)20(10-9-19(3)4)12-7-5-6-8-12/h11-12H,5-10H2,1-4H3,(H,16,17,18). The molecule has 0 spiro atoms. The van der Waals surface area contributed by atoms with Crippen molar-refractivity contribution in [1.82, 2.24) is 25.0 Å². The van der Waals surface area contributed by atoms with Crippen molar-refractivity contribution in [1.29, 1.82) is 0 Å². The summed E-state index contributed by atoms with van der Waals surface area (Å²) in [5.41, 5.74) is 0. The summed E-state index contributed by atoms with van der Waals surface area (Å²) in [5.74, 6) is 1.30. The molecule has 6 nitrogen and oxygen atoms in total. The molecule has 0 aromatic carbocycles. The Hall–Kier alpha value is -1.43. The molecule has 1 N–H and O–H groups in total. The third-order valence-electron chi connectivity index (χ3n) is 4.06. The Morgan fingerprint density at radius 1 is 1.29 bits per heavy atom. The molecule has 0 bridgehead atoms. The van der Waals surface area contributed by atoms with Gasteiger partial charge in [0.1, 0.15) is 5.82 Å². The van der Waals surface area contributed by atoms with Crippen LogP contribution in [0.3, 0.4) is 0 Å². The van der Waals surface area contributed by atoms with Gasteiger partial charge in [-0.3, -0.25) is 9.89 Å². The highest BCUT2D eigenvalue weighted by atomic mass is 16.2. The number of nitrogens with one attached hydrogen (secondary N) is 1. The molecule has 1 fully saturated rings. The van der Waals surface area contributed by atoms with Crippen LogP contribution in [0.15, 0.2) is 0 Å². The molecule has 21 heavy (non-hydrogen) atoms. The van der Waals surface area contributed by atoms with Crippen LogP contribution in [0, 0.1) is 0 Å². The van der Waals surface area contributed by atoms with Gasteiger partial charge in [0, 0.05) is 25.0 Å². The predicted octanol–water partition coefficient (Wildman–Crippen LogP) is 1.87. The Bertz CT molecular complexity index is 462. The molecular weight excluding hydrogens is 266 g/mol. The second kappa shape index (κ2) is 7.02. The second-order valence-corrected chi connectivity index (χ2v) is 6.44. The molecule has 0 aliphatic heterocycles. The molecular formula is C15H27N5O. The number of aromatic nitrogens is 3. The fraction of sp³-hybridized carbons (Fsp3) is 0.800. The largest absolute Gasteiger partial charge is 0.332 e. The number of carbonyl (C=O) groups is 1. The summed E-state index contributed by atoms with van der Waals surface area (Å²) in [6, 6.07) is 0.346. The van der Waals surface area contributed by atoms with Crippen molar-refractivity contribution in [3.05, 3.63) is 11.6 Å². The number of amides is 1. The van der Waals surface area contributed by atoms with Gasteiger partial charge >= 0.3 is 0 Å². The summed E-state index contributed by atoms with van der Waals surface area (Å²) >= 11 is 0. The van der Waals surface area contributed by atoms with Crippen LogP contribution in [0.1, 0.15) is 61.9 Å². The van der Waals surface area contributed by atoms with Crippen LogP contribution in [0.5, 0.6) is 0 Å². The minimum absolute atomic E-state index is 0.0353. The highest BCUT2D eigenvalue weighted by molar-refractivity contribution is 5.90. The number of H-pyrrole nitrogens is 1. The molecule has 118 valence electrons. The number of aromatic amines is 1. The van der Waals surface area contributed by atoms with Gasteiger partial charge in [-0.1, -0.05) is 26.7 Å². The quantitative estimate of drug-likeness (QED) is 0.869. The first kappa shape index (κ1) is 15.9. The van der Waals surface area contributed by atoms with Gasteiger partial charge in [-0.05, 0) is 26.9 Å². The molecule has 1 heterocycles. The normalized spacial score (nSPS) is 16.1. The number of carbonyl (C=O) groups excluding carboxylic acids is 1. The van der Waals surface area contributed by atoms with E-state index < -0.39 is 0 Å². The van der Waals surface area contributed by atoms with Crippen molar-refractivity contribution >= 4 is 5.91 Å². The first-order valence-electron chi connectivity index (χ1n) is 7.87. The summed E-state index contributed by atoms with van der Waals surface area (Å²) in [5, 5.41) is 6.99. The average Bonchev–Trinajstić information content (AvgIpc) is 3.09. The monoisotopic (exact) mass is 293 g/mol. The zero-order valence-electron chi connectivity index (χ0n) is 13.6. The summed E-state index contributed by atoms with van der Waals surface area (Å²) in [7, 11) is 4.06. The van der Waals surface area contributed by atoms with Crippen LogP contribution in [-0.4, -0.2) is 64.1 Å². The highest BCUT2D eigenvalue weighted by Crippen LogP contribution is 2.24. The fourth-order valence-corrected chi connectivity index (χ4v) is 2.73. The van der Waals surface area contributed by atoms with Crippen molar-refractivity contribution in [3.63, 3.8) is 0 Å². The smallest absolute Gasteiger partial charge is 0.293 e. The minimum Gasteiger partial charge on any atom is -0.332 e. The van der Waals surface area contributed by atoms with Gasteiger partial charge in [0.15, 0.2) is 0 Å². The third kappa shape index (κ3) is 4.03. The second-order valence-electron chi connectivity index (χ2n) is 6.44.